The van der Waals surface area contributed by atoms with E-state index in [1.165, 1.54) is 29.3 Å². The van der Waals surface area contributed by atoms with Gasteiger partial charge in [0.15, 0.2) is 11.0 Å². The first-order valence-electron chi connectivity index (χ1n) is 6.37. The number of rotatable bonds is 6. The predicted octanol–water partition coefficient (Wildman–Crippen LogP) is 3.07. The Balaban J connectivity index is 2.34. The average molecular weight is 323 g/mol. The number of hydrogen-bond donors (Lipinski definition) is 0. The van der Waals surface area contributed by atoms with Crippen molar-refractivity contribution in [1.82, 2.24) is 14.8 Å². The second kappa shape index (κ2) is 6.91. The number of allylic oxidation sites excluding steroid dienone is 1. The summed E-state index contributed by atoms with van der Waals surface area (Å²) in [6.07, 6.45) is 1.80. The number of aryl methyl sites for hydroxylation is 1. The van der Waals surface area contributed by atoms with Gasteiger partial charge in [-0.15, -0.1) is 28.1 Å². The van der Waals surface area contributed by atoms with Crippen LogP contribution in [0.2, 0.25) is 0 Å². The first-order chi connectivity index (χ1) is 10.1. The number of thioether (sulfide) groups is 1. The summed E-state index contributed by atoms with van der Waals surface area (Å²) in [5.41, 5.74) is 2.29. The zero-order chi connectivity index (χ0) is 15.4. The Morgan fingerprint density at radius 3 is 2.86 bits per heavy atom. The number of thiophene rings is 1. The average Bonchev–Trinajstić information content (AvgIpc) is 3.02. The van der Waals surface area contributed by atoms with Crippen LogP contribution < -0.4 is 0 Å². The minimum absolute atomic E-state index is 0.216. The van der Waals surface area contributed by atoms with Gasteiger partial charge in [0, 0.05) is 22.4 Å². The van der Waals surface area contributed by atoms with Crippen molar-refractivity contribution in [2.45, 2.75) is 25.5 Å². The zero-order valence-corrected chi connectivity index (χ0v) is 13.9. The van der Waals surface area contributed by atoms with Gasteiger partial charge in [-0.2, -0.15) is 0 Å². The third-order valence-corrected chi connectivity index (χ3v) is 5.06. The first-order valence-corrected chi connectivity index (χ1v) is 8.23. The molecule has 2 aromatic rings. The molecule has 0 aliphatic heterocycles. The summed E-state index contributed by atoms with van der Waals surface area (Å²) >= 11 is 3.01. The van der Waals surface area contributed by atoms with E-state index in [1.54, 1.807) is 17.4 Å². The van der Waals surface area contributed by atoms with Crippen molar-refractivity contribution >= 4 is 29.1 Å². The third kappa shape index (κ3) is 3.36. The fourth-order valence-corrected chi connectivity index (χ4v) is 3.45. The molecule has 0 atom stereocenters. The highest BCUT2D eigenvalue weighted by atomic mass is 32.2. The van der Waals surface area contributed by atoms with Gasteiger partial charge in [-0.3, -0.25) is 9.36 Å². The van der Waals surface area contributed by atoms with E-state index < -0.39 is 0 Å². The minimum atomic E-state index is -0.280. The van der Waals surface area contributed by atoms with E-state index in [0.29, 0.717) is 11.7 Å². The summed E-state index contributed by atoms with van der Waals surface area (Å²) in [6.45, 7) is 8.54. The molecule has 2 aromatic heterocycles. The minimum Gasteiger partial charge on any atom is -0.468 e. The number of carbonyl (C=O) groups excluding carboxylic acids is 1. The third-order valence-electron chi connectivity index (χ3n) is 3.10. The van der Waals surface area contributed by atoms with Crippen LogP contribution in [0.25, 0.3) is 11.4 Å². The van der Waals surface area contributed by atoms with Crippen LogP contribution in [0.15, 0.2) is 23.2 Å². The molecular weight excluding hydrogens is 306 g/mol. The van der Waals surface area contributed by atoms with E-state index in [9.17, 15) is 4.79 Å². The summed E-state index contributed by atoms with van der Waals surface area (Å²) < 4.78 is 6.62. The van der Waals surface area contributed by atoms with Crippen molar-refractivity contribution in [2.24, 2.45) is 0 Å². The molecule has 0 N–H and O–H groups in total. The van der Waals surface area contributed by atoms with Crippen molar-refractivity contribution in [3.63, 3.8) is 0 Å². The van der Waals surface area contributed by atoms with Gasteiger partial charge < -0.3 is 4.74 Å². The molecular formula is C14H17N3O2S2. The lowest BCUT2D eigenvalue weighted by Gasteiger charge is -2.07. The Morgan fingerprint density at radius 2 is 2.29 bits per heavy atom. The lowest BCUT2D eigenvalue weighted by Crippen LogP contribution is -2.06. The molecule has 5 nitrogen and oxygen atoms in total. The van der Waals surface area contributed by atoms with Crippen molar-refractivity contribution in [2.75, 3.05) is 12.9 Å². The summed E-state index contributed by atoms with van der Waals surface area (Å²) in [5.74, 6) is 0.745. The number of methoxy groups -OCH3 is 1. The smallest absolute Gasteiger partial charge is 0.316 e. The molecule has 0 fully saturated rings. The van der Waals surface area contributed by atoms with Crippen LogP contribution in [0.1, 0.15) is 10.4 Å². The molecule has 0 saturated heterocycles. The van der Waals surface area contributed by atoms with E-state index in [1.807, 2.05) is 4.57 Å². The van der Waals surface area contributed by atoms with Gasteiger partial charge in [0.2, 0.25) is 0 Å². The number of aromatic nitrogens is 3. The summed E-state index contributed by atoms with van der Waals surface area (Å²) in [6, 6.07) is 0. The normalized spacial score (nSPS) is 10.6. The molecule has 0 aliphatic carbocycles. The molecule has 0 radical (unpaired) electrons. The van der Waals surface area contributed by atoms with Crippen LogP contribution in [0.3, 0.4) is 0 Å². The number of carbonyl (C=O) groups is 1. The van der Waals surface area contributed by atoms with Crippen molar-refractivity contribution in [1.29, 1.82) is 0 Å². The molecule has 112 valence electrons. The number of esters is 1. The second-order valence-electron chi connectivity index (χ2n) is 4.40. The zero-order valence-electron chi connectivity index (χ0n) is 12.3. The van der Waals surface area contributed by atoms with Crippen LogP contribution in [0.5, 0.6) is 0 Å². The molecule has 0 amide bonds. The Kier molecular flexibility index (Phi) is 5.19. The van der Waals surface area contributed by atoms with Crippen LogP contribution in [-0.2, 0) is 16.1 Å². The van der Waals surface area contributed by atoms with E-state index >= 15 is 0 Å². The van der Waals surface area contributed by atoms with Crippen LogP contribution in [0, 0.1) is 13.8 Å². The number of nitrogens with zero attached hydrogens (tertiary/aromatic N) is 3. The topological polar surface area (TPSA) is 57.0 Å². The predicted molar refractivity (Wildman–Crippen MR) is 85.7 cm³/mol. The highest BCUT2D eigenvalue weighted by molar-refractivity contribution is 7.99. The van der Waals surface area contributed by atoms with Crippen molar-refractivity contribution in [3.05, 3.63) is 28.5 Å². The first kappa shape index (κ1) is 15.8. The second-order valence-corrected chi connectivity index (χ2v) is 6.43. The van der Waals surface area contributed by atoms with Crippen LogP contribution >= 0.6 is 23.1 Å². The lowest BCUT2D eigenvalue weighted by atomic mass is 10.1. The van der Waals surface area contributed by atoms with Gasteiger partial charge in [0.1, 0.15) is 0 Å². The van der Waals surface area contributed by atoms with E-state index in [2.05, 4.69) is 40.7 Å². The maximum atomic E-state index is 11.3. The Labute approximate surface area is 132 Å². The van der Waals surface area contributed by atoms with Gasteiger partial charge in [-0.25, -0.2) is 0 Å². The van der Waals surface area contributed by atoms with E-state index in [0.717, 1.165) is 11.4 Å². The number of ether oxygens (including phenoxy) is 1. The molecule has 7 heteroatoms. The maximum absolute atomic E-state index is 11.3. The van der Waals surface area contributed by atoms with Gasteiger partial charge in [-0.05, 0) is 19.4 Å². The molecule has 21 heavy (non-hydrogen) atoms. The Hall–Kier alpha value is -1.60. The highest BCUT2D eigenvalue weighted by Crippen LogP contribution is 2.31. The fraction of sp³-hybridized carbons (Fsp3) is 0.357. The molecule has 0 aromatic carbocycles. The standard InChI is InChI=1S/C14H17N3O2S2/c1-5-6-17-13(11-7-20-10(3)9(11)2)15-16-14(17)21-8-12(18)19-4/h5,7H,1,6,8H2,2-4H3. The number of hydrogen-bond acceptors (Lipinski definition) is 6. The summed E-state index contributed by atoms with van der Waals surface area (Å²) in [5, 5.41) is 11.3. The molecule has 2 rings (SSSR count). The molecule has 0 unspecified atom stereocenters. The fourth-order valence-electron chi connectivity index (χ4n) is 1.80. The van der Waals surface area contributed by atoms with Gasteiger partial charge in [-0.1, -0.05) is 17.8 Å². The molecule has 0 aliphatic rings. The lowest BCUT2D eigenvalue weighted by molar-refractivity contribution is -0.137. The Bertz CT molecular complexity index is 661. The molecule has 0 spiro atoms. The summed E-state index contributed by atoms with van der Waals surface area (Å²) in [7, 11) is 1.38. The highest BCUT2D eigenvalue weighted by Gasteiger charge is 2.17. The SMILES string of the molecule is C=CCn1c(SCC(=O)OC)nnc1-c1csc(C)c1C. The van der Waals surface area contributed by atoms with Crippen LogP contribution in [-0.4, -0.2) is 33.6 Å². The quantitative estimate of drug-likeness (QED) is 0.464. The summed E-state index contributed by atoms with van der Waals surface area (Å²) in [4.78, 5) is 12.5. The largest absolute Gasteiger partial charge is 0.468 e. The van der Waals surface area contributed by atoms with Gasteiger partial charge in [0.05, 0.1) is 12.9 Å². The van der Waals surface area contributed by atoms with E-state index in [-0.39, 0.29) is 11.7 Å². The molecule has 2 heterocycles. The van der Waals surface area contributed by atoms with Crippen molar-refractivity contribution in [3.8, 4) is 11.4 Å². The van der Waals surface area contributed by atoms with Crippen LogP contribution in [0.4, 0.5) is 0 Å². The van der Waals surface area contributed by atoms with Crippen molar-refractivity contribution < 1.29 is 9.53 Å². The Morgan fingerprint density at radius 1 is 1.52 bits per heavy atom. The molecule has 0 saturated carbocycles. The van der Waals surface area contributed by atoms with E-state index in [4.69, 9.17) is 0 Å². The maximum Gasteiger partial charge on any atom is 0.316 e. The molecule has 0 bridgehead atoms. The monoisotopic (exact) mass is 323 g/mol. The van der Waals surface area contributed by atoms with Gasteiger partial charge >= 0.3 is 5.97 Å². The van der Waals surface area contributed by atoms with Gasteiger partial charge in [0.25, 0.3) is 0 Å².